The second-order valence-electron chi connectivity index (χ2n) is 2.71. The lowest BCUT2D eigenvalue weighted by atomic mass is 9.98. The first-order valence-corrected chi connectivity index (χ1v) is 3.98. The summed E-state index contributed by atoms with van der Waals surface area (Å²) in [7, 11) is 1.86. The van der Waals surface area contributed by atoms with Gasteiger partial charge in [-0.1, -0.05) is 0 Å². The van der Waals surface area contributed by atoms with Crippen LogP contribution in [0.4, 0.5) is 0 Å². The molecule has 2 N–H and O–H groups in total. The van der Waals surface area contributed by atoms with Crippen molar-refractivity contribution in [2.75, 3.05) is 20.2 Å². The predicted octanol–water partition coefficient (Wildman–Crippen LogP) is 0.183. The molecule has 0 rings (SSSR count). The monoisotopic (exact) mass is 159 g/mol. The van der Waals surface area contributed by atoms with Gasteiger partial charge in [0.05, 0.1) is 0 Å². The maximum absolute atomic E-state index is 10.9. The average molecular weight is 159 g/mol. The van der Waals surface area contributed by atoms with Crippen LogP contribution >= 0.6 is 0 Å². The van der Waals surface area contributed by atoms with Crippen LogP contribution in [0.2, 0.25) is 0 Å². The van der Waals surface area contributed by atoms with Gasteiger partial charge in [0, 0.05) is 12.5 Å². The molecule has 0 bridgehead atoms. The summed E-state index contributed by atoms with van der Waals surface area (Å²) in [6.45, 7) is 2.52. The van der Waals surface area contributed by atoms with Crippen molar-refractivity contribution in [2.24, 2.45) is 5.92 Å². The molecule has 0 aromatic rings. The highest BCUT2D eigenvalue weighted by molar-refractivity contribution is 5.78. The first-order valence-electron chi connectivity index (χ1n) is 3.98. The van der Waals surface area contributed by atoms with Crippen molar-refractivity contribution >= 4 is 5.78 Å². The fourth-order valence-electron chi connectivity index (χ4n) is 1.03. The number of aliphatic hydroxyl groups is 1. The molecule has 0 aromatic heterocycles. The number of carbonyl (C=O) groups excluding carboxylic acids is 1. The lowest BCUT2D eigenvalue weighted by molar-refractivity contribution is -0.121. The van der Waals surface area contributed by atoms with E-state index in [1.54, 1.807) is 6.92 Å². The number of nitrogens with one attached hydrogen (secondary N) is 1. The van der Waals surface area contributed by atoms with Crippen molar-refractivity contribution in [1.82, 2.24) is 5.32 Å². The van der Waals surface area contributed by atoms with Gasteiger partial charge in [0.1, 0.15) is 5.78 Å². The van der Waals surface area contributed by atoms with E-state index in [1.165, 1.54) is 0 Å². The van der Waals surface area contributed by atoms with Gasteiger partial charge in [-0.3, -0.25) is 4.79 Å². The van der Waals surface area contributed by atoms with Gasteiger partial charge in [-0.05, 0) is 33.4 Å². The van der Waals surface area contributed by atoms with E-state index < -0.39 is 0 Å². The third-order valence-corrected chi connectivity index (χ3v) is 1.80. The highest BCUT2D eigenvalue weighted by Crippen LogP contribution is 2.07. The number of hydrogen-bond donors (Lipinski definition) is 2. The molecule has 0 aliphatic carbocycles. The van der Waals surface area contributed by atoms with Gasteiger partial charge in [-0.15, -0.1) is 0 Å². The van der Waals surface area contributed by atoms with Gasteiger partial charge in [0.25, 0.3) is 0 Å². The fourth-order valence-corrected chi connectivity index (χ4v) is 1.03. The van der Waals surface area contributed by atoms with Crippen LogP contribution in [0.1, 0.15) is 19.8 Å². The smallest absolute Gasteiger partial charge is 0.133 e. The topological polar surface area (TPSA) is 49.3 Å². The first-order chi connectivity index (χ1) is 5.22. The summed E-state index contributed by atoms with van der Waals surface area (Å²) in [4.78, 5) is 10.9. The molecule has 0 spiro atoms. The molecule has 0 radical (unpaired) electrons. The molecule has 1 atom stereocenters. The zero-order chi connectivity index (χ0) is 8.69. The maximum atomic E-state index is 10.9. The highest BCUT2D eigenvalue weighted by Gasteiger charge is 2.11. The quantitative estimate of drug-likeness (QED) is 0.581. The molecular weight excluding hydrogens is 142 g/mol. The molecule has 11 heavy (non-hydrogen) atoms. The predicted molar refractivity (Wildman–Crippen MR) is 44.4 cm³/mol. The van der Waals surface area contributed by atoms with Gasteiger partial charge in [-0.25, -0.2) is 0 Å². The van der Waals surface area contributed by atoms with E-state index in [9.17, 15) is 4.79 Å². The van der Waals surface area contributed by atoms with Crippen molar-refractivity contribution in [2.45, 2.75) is 19.8 Å². The van der Waals surface area contributed by atoms with Gasteiger partial charge in [-0.2, -0.15) is 0 Å². The van der Waals surface area contributed by atoms with Crippen LogP contribution in [0.5, 0.6) is 0 Å². The average Bonchev–Trinajstić information content (AvgIpc) is 1.97. The van der Waals surface area contributed by atoms with E-state index in [4.69, 9.17) is 5.11 Å². The summed E-state index contributed by atoms with van der Waals surface area (Å²) in [5, 5.41) is 11.6. The Morgan fingerprint density at radius 1 is 1.55 bits per heavy atom. The van der Waals surface area contributed by atoms with E-state index in [-0.39, 0.29) is 18.3 Å². The van der Waals surface area contributed by atoms with Crippen LogP contribution in [-0.4, -0.2) is 31.1 Å². The number of Topliss-reactive ketones (excluding diaryl/α,β-unsaturated/α-hetero) is 1. The second-order valence-corrected chi connectivity index (χ2v) is 2.71. The molecule has 0 fully saturated rings. The van der Waals surface area contributed by atoms with E-state index >= 15 is 0 Å². The molecule has 1 unspecified atom stereocenters. The second kappa shape index (κ2) is 6.31. The third kappa shape index (κ3) is 4.93. The van der Waals surface area contributed by atoms with Crippen LogP contribution in [0.25, 0.3) is 0 Å². The van der Waals surface area contributed by atoms with Crippen molar-refractivity contribution in [3.63, 3.8) is 0 Å². The minimum atomic E-state index is 0.0347. The Bertz CT molecular complexity index is 115. The number of ketones is 1. The molecule has 0 heterocycles. The van der Waals surface area contributed by atoms with Gasteiger partial charge in [0.2, 0.25) is 0 Å². The fraction of sp³-hybridized carbons (Fsp3) is 0.875. The zero-order valence-corrected chi connectivity index (χ0v) is 7.26. The Hall–Kier alpha value is -0.410. The van der Waals surface area contributed by atoms with Gasteiger partial charge in [0.15, 0.2) is 0 Å². The molecule has 66 valence electrons. The Labute approximate surface area is 67.8 Å². The first kappa shape index (κ1) is 10.6. The summed E-state index contributed by atoms with van der Waals surface area (Å²) < 4.78 is 0. The van der Waals surface area contributed by atoms with Crippen LogP contribution in [0.15, 0.2) is 0 Å². The minimum absolute atomic E-state index is 0.0347. The molecule has 0 aliphatic rings. The lowest BCUT2D eigenvalue weighted by Gasteiger charge is -2.10. The summed E-state index contributed by atoms with van der Waals surface area (Å²) in [5.41, 5.74) is 0. The van der Waals surface area contributed by atoms with Crippen molar-refractivity contribution < 1.29 is 9.90 Å². The summed E-state index contributed by atoms with van der Waals surface area (Å²) in [6.07, 6.45) is 1.42. The van der Waals surface area contributed by atoms with E-state index in [0.29, 0.717) is 6.42 Å². The van der Waals surface area contributed by atoms with Crippen molar-refractivity contribution in [1.29, 1.82) is 0 Å². The molecule has 0 aromatic carbocycles. The standard InChI is InChI=1S/C8H17NO2/c1-7(11)8(4-6-10)3-5-9-2/h8-10H,3-6H2,1-2H3. The van der Waals surface area contributed by atoms with Crippen molar-refractivity contribution in [3.05, 3.63) is 0 Å². The normalized spacial score (nSPS) is 13.0. The highest BCUT2D eigenvalue weighted by atomic mass is 16.3. The summed E-state index contributed by atoms with van der Waals surface area (Å²) >= 11 is 0. The van der Waals surface area contributed by atoms with Crippen LogP contribution < -0.4 is 5.32 Å². The third-order valence-electron chi connectivity index (χ3n) is 1.80. The van der Waals surface area contributed by atoms with E-state index in [2.05, 4.69) is 5.32 Å². The van der Waals surface area contributed by atoms with Crippen LogP contribution in [0.3, 0.4) is 0 Å². The molecule has 0 aliphatic heterocycles. The molecule has 3 heteroatoms. The minimum Gasteiger partial charge on any atom is -0.396 e. The molecule has 3 nitrogen and oxygen atoms in total. The zero-order valence-electron chi connectivity index (χ0n) is 7.26. The SMILES string of the molecule is CNCCC(CCO)C(C)=O. The summed E-state index contributed by atoms with van der Waals surface area (Å²) in [6, 6.07) is 0. The summed E-state index contributed by atoms with van der Waals surface area (Å²) in [5.74, 6) is 0.210. The van der Waals surface area contributed by atoms with E-state index in [0.717, 1.165) is 13.0 Å². The number of rotatable bonds is 6. The number of aliphatic hydroxyl groups excluding tert-OH is 1. The number of carbonyl (C=O) groups is 1. The number of hydrogen-bond acceptors (Lipinski definition) is 3. The maximum Gasteiger partial charge on any atom is 0.133 e. The van der Waals surface area contributed by atoms with Crippen molar-refractivity contribution in [3.8, 4) is 0 Å². The lowest BCUT2D eigenvalue weighted by Crippen LogP contribution is -2.19. The molecule has 0 amide bonds. The molecule has 0 saturated heterocycles. The van der Waals surface area contributed by atoms with Gasteiger partial charge < -0.3 is 10.4 Å². The Morgan fingerprint density at radius 2 is 2.18 bits per heavy atom. The van der Waals surface area contributed by atoms with Gasteiger partial charge >= 0.3 is 0 Å². The van der Waals surface area contributed by atoms with Crippen LogP contribution in [0, 0.1) is 5.92 Å². The molecular formula is C8H17NO2. The Balaban J connectivity index is 3.60. The Morgan fingerprint density at radius 3 is 2.55 bits per heavy atom. The largest absolute Gasteiger partial charge is 0.396 e. The van der Waals surface area contributed by atoms with E-state index in [1.807, 2.05) is 7.05 Å². The van der Waals surface area contributed by atoms with Crippen LogP contribution in [-0.2, 0) is 4.79 Å². The molecule has 0 saturated carbocycles. The Kier molecular flexibility index (Phi) is 6.07.